The van der Waals surface area contributed by atoms with Crippen LogP contribution in [0.2, 0.25) is 5.02 Å². The first-order valence-corrected chi connectivity index (χ1v) is 6.50. The number of ketones is 1. The molecule has 0 radical (unpaired) electrons. The first kappa shape index (κ1) is 18.9. The third-order valence-electron chi connectivity index (χ3n) is 2.49. The highest BCUT2D eigenvalue weighted by molar-refractivity contribution is 6.30. The Morgan fingerprint density at radius 3 is 2.25 bits per heavy atom. The molecule has 112 valence electrons. The van der Waals surface area contributed by atoms with Gasteiger partial charge in [-0.25, -0.2) is 0 Å². The standard InChI is InChI=1S/C14H19ClN2O2.ClH/c1-14(2,16)9-17-13(19)8-7-12(18)10-3-5-11(15)6-4-10;/h3-6H,7-9,16H2,1-2H3,(H,17,19);1H. The predicted molar refractivity (Wildman–Crippen MR) is 83.5 cm³/mol. The highest BCUT2D eigenvalue weighted by Gasteiger charge is 2.13. The van der Waals surface area contributed by atoms with E-state index in [-0.39, 0.29) is 36.9 Å². The van der Waals surface area contributed by atoms with Crippen LogP contribution in [0.1, 0.15) is 37.0 Å². The Balaban J connectivity index is 0.00000361. The van der Waals surface area contributed by atoms with Gasteiger partial charge in [0.1, 0.15) is 0 Å². The minimum atomic E-state index is -0.449. The molecule has 1 aromatic carbocycles. The third kappa shape index (κ3) is 7.48. The number of halogens is 2. The van der Waals surface area contributed by atoms with E-state index in [0.717, 1.165) is 0 Å². The van der Waals surface area contributed by atoms with Crippen LogP contribution < -0.4 is 11.1 Å². The third-order valence-corrected chi connectivity index (χ3v) is 2.74. The van der Waals surface area contributed by atoms with Crippen LogP contribution in [0.5, 0.6) is 0 Å². The maximum atomic E-state index is 11.8. The Morgan fingerprint density at radius 2 is 1.75 bits per heavy atom. The summed E-state index contributed by atoms with van der Waals surface area (Å²) in [4.78, 5) is 23.4. The van der Waals surface area contributed by atoms with Gasteiger partial charge in [0.15, 0.2) is 5.78 Å². The SMILES string of the molecule is CC(C)(N)CNC(=O)CCC(=O)c1ccc(Cl)cc1.Cl. The Hall–Kier alpha value is -1.10. The van der Waals surface area contributed by atoms with Crippen LogP contribution in [0.15, 0.2) is 24.3 Å². The molecule has 0 spiro atoms. The fourth-order valence-electron chi connectivity index (χ4n) is 1.42. The summed E-state index contributed by atoms with van der Waals surface area (Å²) in [5, 5.41) is 3.28. The van der Waals surface area contributed by atoms with Gasteiger partial charge in [0.05, 0.1) is 0 Å². The molecule has 3 N–H and O–H groups in total. The largest absolute Gasteiger partial charge is 0.354 e. The fourth-order valence-corrected chi connectivity index (χ4v) is 1.55. The van der Waals surface area contributed by atoms with E-state index >= 15 is 0 Å². The van der Waals surface area contributed by atoms with Crippen molar-refractivity contribution in [3.8, 4) is 0 Å². The number of rotatable bonds is 6. The summed E-state index contributed by atoms with van der Waals surface area (Å²) in [6, 6.07) is 6.63. The number of hydrogen-bond donors (Lipinski definition) is 2. The summed E-state index contributed by atoms with van der Waals surface area (Å²) < 4.78 is 0. The molecule has 0 heterocycles. The molecule has 0 atom stereocenters. The zero-order valence-corrected chi connectivity index (χ0v) is 13.2. The molecule has 0 unspecified atom stereocenters. The van der Waals surface area contributed by atoms with Crippen molar-refractivity contribution in [3.05, 3.63) is 34.9 Å². The Kier molecular flexibility index (Phi) is 7.79. The first-order chi connectivity index (χ1) is 8.78. The number of nitrogens with one attached hydrogen (secondary N) is 1. The van der Waals surface area contributed by atoms with Crippen molar-refractivity contribution < 1.29 is 9.59 Å². The molecule has 0 aliphatic heterocycles. The molecule has 0 bridgehead atoms. The second kappa shape index (κ2) is 8.25. The molecular weight excluding hydrogens is 299 g/mol. The van der Waals surface area contributed by atoms with E-state index in [4.69, 9.17) is 17.3 Å². The van der Waals surface area contributed by atoms with Crippen LogP contribution in [0.4, 0.5) is 0 Å². The molecule has 1 aromatic rings. The van der Waals surface area contributed by atoms with Crippen LogP contribution in [0.3, 0.4) is 0 Å². The quantitative estimate of drug-likeness (QED) is 0.792. The van der Waals surface area contributed by atoms with Gasteiger partial charge in [-0.1, -0.05) is 11.6 Å². The van der Waals surface area contributed by atoms with Crippen LogP contribution in [0.25, 0.3) is 0 Å². The molecule has 1 rings (SSSR count). The number of carbonyl (C=O) groups excluding carboxylic acids is 2. The molecule has 0 aliphatic carbocycles. The lowest BCUT2D eigenvalue weighted by Gasteiger charge is -2.18. The van der Waals surface area contributed by atoms with Crippen LogP contribution in [-0.4, -0.2) is 23.8 Å². The van der Waals surface area contributed by atoms with E-state index < -0.39 is 5.54 Å². The average molecular weight is 319 g/mol. The van der Waals surface area contributed by atoms with E-state index in [1.165, 1.54) is 0 Å². The summed E-state index contributed by atoms with van der Waals surface area (Å²) >= 11 is 5.74. The number of amides is 1. The number of benzene rings is 1. The fraction of sp³-hybridized carbons (Fsp3) is 0.429. The van der Waals surface area contributed by atoms with Gasteiger partial charge in [-0.3, -0.25) is 9.59 Å². The second-order valence-electron chi connectivity index (χ2n) is 5.20. The summed E-state index contributed by atoms with van der Waals surface area (Å²) in [5.74, 6) is -0.236. The van der Waals surface area contributed by atoms with Gasteiger partial charge >= 0.3 is 0 Å². The zero-order chi connectivity index (χ0) is 14.5. The van der Waals surface area contributed by atoms with E-state index in [1.807, 2.05) is 13.8 Å². The van der Waals surface area contributed by atoms with Crippen molar-refractivity contribution in [2.24, 2.45) is 5.73 Å². The van der Waals surface area contributed by atoms with E-state index in [9.17, 15) is 9.59 Å². The lowest BCUT2D eigenvalue weighted by Crippen LogP contribution is -2.45. The number of hydrogen-bond acceptors (Lipinski definition) is 3. The molecule has 0 aromatic heterocycles. The molecule has 0 saturated heterocycles. The van der Waals surface area contributed by atoms with Gasteiger partial charge in [0, 0.05) is 35.5 Å². The number of carbonyl (C=O) groups is 2. The minimum Gasteiger partial charge on any atom is -0.354 e. The second-order valence-corrected chi connectivity index (χ2v) is 5.63. The number of nitrogens with two attached hydrogens (primary N) is 1. The zero-order valence-electron chi connectivity index (χ0n) is 11.6. The monoisotopic (exact) mass is 318 g/mol. The average Bonchev–Trinajstić information content (AvgIpc) is 2.33. The summed E-state index contributed by atoms with van der Waals surface area (Å²) in [6.45, 7) is 4.04. The van der Waals surface area contributed by atoms with Crippen LogP contribution in [0, 0.1) is 0 Å². The topological polar surface area (TPSA) is 72.2 Å². The summed E-state index contributed by atoms with van der Waals surface area (Å²) in [7, 11) is 0. The molecule has 0 fully saturated rings. The van der Waals surface area contributed by atoms with Gasteiger partial charge in [-0.15, -0.1) is 12.4 Å². The maximum absolute atomic E-state index is 11.8. The highest BCUT2D eigenvalue weighted by Crippen LogP contribution is 2.11. The van der Waals surface area contributed by atoms with Crippen LogP contribution in [-0.2, 0) is 4.79 Å². The van der Waals surface area contributed by atoms with Gasteiger partial charge in [0.25, 0.3) is 0 Å². The predicted octanol–water partition coefficient (Wildman–Crippen LogP) is 2.58. The molecular formula is C14H20Cl2N2O2. The molecule has 0 aliphatic rings. The van der Waals surface area contributed by atoms with E-state index in [0.29, 0.717) is 17.1 Å². The molecule has 4 nitrogen and oxygen atoms in total. The van der Waals surface area contributed by atoms with E-state index in [2.05, 4.69) is 5.32 Å². The van der Waals surface area contributed by atoms with Crippen molar-refractivity contribution in [1.82, 2.24) is 5.32 Å². The van der Waals surface area contributed by atoms with Gasteiger partial charge in [-0.05, 0) is 38.1 Å². The van der Waals surface area contributed by atoms with Crippen molar-refractivity contribution in [1.29, 1.82) is 0 Å². The Bertz CT molecular complexity index is 453. The summed E-state index contributed by atoms with van der Waals surface area (Å²) in [6.07, 6.45) is 0.343. The lowest BCUT2D eigenvalue weighted by atomic mass is 10.1. The van der Waals surface area contributed by atoms with Crippen molar-refractivity contribution >= 4 is 35.7 Å². The van der Waals surface area contributed by atoms with Gasteiger partial charge in [-0.2, -0.15) is 0 Å². The smallest absolute Gasteiger partial charge is 0.220 e. The van der Waals surface area contributed by atoms with Gasteiger partial charge < -0.3 is 11.1 Å². The van der Waals surface area contributed by atoms with Crippen molar-refractivity contribution in [3.63, 3.8) is 0 Å². The Morgan fingerprint density at radius 1 is 1.20 bits per heavy atom. The Labute approximate surface area is 130 Å². The normalized spacial score (nSPS) is 10.6. The van der Waals surface area contributed by atoms with Crippen molar-refractivity contribution in [2.75, 3.05) is 6.54 Å². The van der Waals surface area contributed by atoms with Crippen LogP contribution >= 0.6 is 24.0 Å². The van der Waals surface area contributed by atoms with Gasteiger partial charge in [0.2, 0.25) is 5.91 Å². The van der Waals surface area contributed by atoms with E-state index in [1.54, 1.807) is 24.3 Å². The summed E-state index contributed by atoms with van der Waals surface area (Å²) in [5.41, 5.74) is 5.87. The van der Waals surface area contributed by atoms with Crippen molar-refractivity contribution in [2.45, 2.75) is 32.2 Å². The maximum Gasteiger partial charge on any atom is 0.220 e. The molecule has 0 saturated carbocycles. The number of Topliss-reactive ketones (excluding diaryl/α,β-unsaturated/α-hetero) is 1. The first-order valence-electron chi connectivity index (χ1n) is 6.12. The lowest BCUT2D eigenvalue weighted by molar-refractivity contribution is -0.121. The molecule has 1 amide bonds. The molecule has 6 heteroatoms. The molecule has 20 heavy (non-hydrogen) atoms. The highest BCUT2D eigenvalue weighted by atomic mass is 35.5. The minimum absolute atomic E-state index is 0.